The smallest absolute Gasteiger partial charge is 0.338 e. The lowest BCUT2D eigenvalue weighted by atomic mass is 9.99. The van der Waals surface area contributed by atoms with Gasteiger partial charge in [-0.15, -0.1) is 0 Å². The Bertz CT molecular complexity index is 1110. The Morgan fingerprint density at radius 1 is 0.900 bits per heavy atom. The highest BCUT2D eigenvalue weighted by Crippen LogP contribution is 2.33. The second-order valence-corrected chi connectivity index (χ2v) is 7.18. The summed E-state index contributed by atoms with van der Waals surface area (Å²) in [6.45, 7) is 0.727. The first-order valence-electron chi connectivity index (χ1n) is 9.76. The van der Waals surface area contributed by atoms with E-state index in [4.69, 9.17) is 14.2 Å². The van der Waals surface area contributed by atoms with E-state index in [-0.39, 0.29) is 12.5 Å². The van der Waals surface area contributed by atoms with E-state index >= 15 is 0 Å². The lowest BCUT2D eigenvalue weighted by molar-refractivity contribution is -0.135. The number of methoxy groups -OCH3 is 2. The van der Waals surface area contributed by atoms with Crippen molar-refractivity contribution in [2.24, 2.45) is 0 Å². The van der Waals surface area contributed by atoms with Crippen LogP contribution in [0.5, 0.6) is 11.5 Å². The van der Waals surface area contributed by atoms with Gasteiger partial charge < -0.3 is 19.1 Å². The fraction of sp³-hybridized carbons (Fsp3) is 0.250. The molecule has 0 aliphatic carbocycles. The van der Waals surface area contributed by atoms with Crippen molar-refractivity contribution in [2.45, 2.75) is 13.0 Å². The molecule has 0 fully saturated rings. The van der Waals surface area contributed by atoms with Gasteiger partial charge in [0, 0.05) is 13.1 Å². The number of esters is 1. The average molecular weight is 405 g/mol. The summed E-state index contributed by atoms with van der Waals surface area (Å²) < 4.78 is 16.0. The zero-order valence-electron chi connectivity index (χ0n) is 17.0. The summed E-state index contributed by atoms with van der Waals surface area (Å²) in [5.41, 5.74) is 2.57. The van der Waals surface area contributed by atoms with Crippen molar-refractivity contribution in [3.8, 4) is 11.5 Å². The van der Waals surface area contributed by atoms with Crippen molar-refractivity contribution in [3.05, 3.63) is 71.3 Å². The van der Waals surface area contributed by atoms with Gasteiger partial charge in [-0.05, 0) is 52.6 Å². The monoisotopic (exact) mass is 405 g/mol. The first-order chi connectivity index (χ1) is 14.6. The van der Waals surface area contributed by atoms with Crippen LogP contribution >= 0.6 is 0 Å². The number of hydrogen-bond acceptors (Lipinski definition) is 5. The van der Waals surface area contributed by atoms with E-state index in [1.165, 1.54) is 0 Å². The molecular formula is C24H23NO5. The van der Waals surface area contributed by atoms with E-state index in [0.717, 1.165) is 21.9 Å². The molecule has 3 aromatic carbocycles. The maximum absolute atomic E-state index is 12.6. The highest BCUT2D eigenvalue weighted by Gasteiger charge is 2.24. The van der Waals surface area contributed by atoms with Crippen LogP contribution in [-0.2, 0) is 22.5 Å². The topological polar surface area (TPSA) is 65.1 Å². The molecule has 30 heavy (non-hydrogen) atoms. The highest BCUT2D eigenvalue weighted by atomic mass is 16.5. The fourth-order valence-corrected chi connectivity index (χ4v) is 3.71. The van der Waals surface area contributed by atoms with Crippen molar-refractivity contribution in [1.29, 1.82) is 0 Å². The molecule has 0 atom stereocenters. The molecule has 154 valence electrons. The number of benzene rings is 3. The standard InChI is InChI=1S/C24H23NO5/c1-28-21-12-18-9-10-25(14-20(18)13-22(21)29-2)23(26)15-30-24(27)19-8-7-16-5-3-4-6-17(16)11-19/h3-8,11-13H,9-10,14-15H2,1-2H3. The van der Waals surface area contributed by atoms with Crippen LogP contribution in [0, 0.1) is 0 Å². The lowest BCUT2D eigenvalue weighted by Crippen LogP contribution is -2.38. The Kier molecular flexibility index (Phi) is 5.57. The van der Waals surface area contributed by atoms with Gasteiger partial charge >= 0.3 is 5.97 Å². The van der Waals surface area contributed by atoms with Crippen molar-refractivity contribution in [2.75, 3.05) is 27.4 Å². The Balaban J connectivity index is 1.40. The van der Waals surface area contributed by atoms with Gasteiger partial charge in [-0.3, -0.25) is 4.79 Å². The molecule has 0 unspecified atom stereocenters. The molecular weight excluding hydrogens is 382 g/mol. The minimum absolute atomic E-state index is 0.218. The number of carbonyl (C=O) groups is 2. The largest absolute Gasteiger partial charge is 0.493 e. The van der Waals surface area contributed by atoms with Gasteiger partial charge in [0.05, 0.1) is 19.8 Å². The SMILES string of the molecule is COc1cc2c(cc1OC)CN(C(=O)COC(=O)c1ccc3ccccc3c1)CC2. The number of nitrogens with zero attached hydrogens (tertiary/aromatic N) is 1. The van der Waals surface area contributed by atoms with Gasteiger partial charge in [-0.25, -0.2) is 4.79 Å². The van der Waals surface area contributed by atoms with Crippen LogP contribution in [0.3, 0.4) is 0 Å². The van der Waals surface area contributed by atoms with E-state index in [1.54, 1.807) is 31.3 Å². The number of rotatable bonds is 5. The second kappa shape index (κ2) is 8.45. The third-order valence-corrected chi connectivity index (χ3v) is 5.38. The molecule has 0 saturated carbocycles. The number of hydrogen-bond donors (Lipinski definition) is 0. The zero-order chi connectivity index (χ0) is 21.1. The average Bonchev–Trinajstić information content (AvgIpc) is 2.80. The molecule has 0 aromatic heterocycles. The van der Waals surface area contributed by atoms with Gasteiger partial charge in [-0.1, -0.05) is 30.3 Å². The number of amides is 1. The maximum Gasteiger partial charge on any atom is 0.338 e. The molecule has 0 saturated heterocycles. The molecule has 1 heterocycles. The van der Waals surface area contributed by atoms with Crippen molar-refractivity contribution >= 4 is 22.6 Å². The first kappa shape index (κ1) is 19.8. The minimum atomic E-state index is -0.502. The van der Waals surface area contributed by atoms with Crippen LogP contribution in [0.25, 0.3) is 10.8 Å². The molecule has 4 rings (SSSR count). The predicted octanol–water partition coefficient (Wildman–Crippen LogP) is 3.60. The van der Waals surface area contributed by atoms with Gasteiger partial charge in [-0.2, -0.15) is 0 Å². The third-order valence-electron chi connectivity index (χ3n) is 5.38. The van der Waals surface area contributed by atoms with Crippen LogP contribution in [0.2, 0.25) is 0 Å². The predicted molar refractivity (Wildman–Crippen MR) is 113 cm³/mol. The second-order valence-electron chi connectivity index (χ2n) is 7.18. The number of carbonyl (C=O) groups excluding carboxylic acids is 2. The summed E-state index contributed by atoms with van der Waals surface area (Å²) in [7, 11) is 3.19. The molecule has 0 N–H and O–H groups in total. The molecule has 1 amide bonds. The van der Waals surface area contributed by atoms with Gasteiger partial charge in [0.1, 0.15) is 0 Å². The van der Waals surface area contributed by atoms with E-state index in [0.29, 0.717) is 36.6 Å². The number of fused-ring (bicyclic) bond motifs is 2. The van der Waals surface area contributed by atoms with Crippen LogP contribution in [0.15, 0.2) is 54.6 Å². The summed E-state index contributed by atoms with van der Waals surface area (Å²) in [6, 6.07) is 17.0. The van der Waals surface area contributed by atoms with Gasteiger partial charge in [0.2, 0.25) is 0 Å². The Hall–Kier alpha value is -3.54. The maximum atomic E-state index is 12.6. The van der Waals surface area contributed by atoms with E-state index in [2.05, 4.69) is 0 Å². The van der Waals surface area contributed by atoms with E-state index < -0.39 is 5.97 Å². The summed E-state index contributed by atoms with van der Waals surface area (Å²) in [6.07, 6.45) is 0.708. The summed E-state index contributed by atoms with van der Waals surface area (Å²) in [4.78, 5) is 26.7. The zero-order valence-corrected chi connectivity index (χ0v) is 17.0. The quantitative estimate of drug-likeness (QED) is 0.607. The normalized spacial score (nSPS) is 12.9. The third kappa shape index (κ3) is 3.94. The molecule has 3 aromatic rings. The van der Waals surface area contributed by atoms with Crippen molar-refractivity contribution in [1.82, 2.24) is 4.90 Å². The van der Waals surface area contributed by atoms with Crippen LogP contribution in [0.1, 0.15) is 21.5 Å². The fourth-order valence-electron chi connectivity index (χ4n) is 3.71. The summed E-state index contributed by atoms with van der Waals surface area (Å²) >= 11 is 0. The van der Waals surface area contributed by atoms with Crippen molar-refractivity contribution in [3.63, 3.8) is 0 Å². The molecule has 1 aliphatic rings. The Morgan fingerprint density at radius 2 is 1.60 bits per heavy atom. The van der Waals surface area contributed by atoms with Gasteiger partial charge in [0.15, 0.2) is 18.1 Å². The summed E-state index contributed by atoms with van der Waals surface area (Å²) in [5.74, 6) is 0.594. The highest BCUT2D eigenvalue weighted by molar-refractivity contribution is 5.96. The minimum Gasteiger partial charge on any atom is -0.493 e. The molecule has 0 radical (unpaired) electrons. The van der Waals surface area contributed by atoms with E-state index in [9.17, 15) is 9.59 Å². The van der Waals surface area contributed by atoms with E-state index in [1.807, 2.05) is 42.5 Å². The molecule has 1 aliphatic heterocycles. The lowest BCUT2D eigenvalue weighted by Gasteiger charge is -2.29. The van der Waals surface area contributed by atoms with Crippen molar-refractivity contribution < 1.29 is 23.8 Å². The van der Waals surface area contributed by atoms with Crippen LogP contribution in [-0.4, -0.2) is 44.1 Å². The number of ether oxygens (including phenoxy) is 3. The summed E-state index contributed by atoms with van der Waals surface area (Å²) in [5, 5.41) is 2.00. The molecule has 6 nitrogen and oxygen atoms in total. The van der Waals surface area contributed by atoms with Gasteiger partial charge in [0.25, 0.3) is 5.91 Å². The van der Waals surface area contributed by atoms with Crippen LogP contribution < -0.4 is 9.47 Å². The first-order valence-corrected chi connectivity index (χ1v) is 9.76. The molecule has 6 heteroatoms. The Labute approximate surface area is 175 Å². The molecule has 0 bridgehead atoms. The Morgan fingerprint density at radius 3 is 2.33 bits per heavy atom. The molecule has 0 spiro atoms. The van der Waals surface area contributed by atoms with Crippen LogP contribution in [0.4, 0.5) is 0 Å².